The van der Waals surface area contributed by atoms with Gasteiger partial charge in [-0.15, -0.1) is 0 Å². The summed E-state index contributed by atoms with van der Waals surface area (Å²) < 4.78 is 0. The molecule has 1 atom stereocenters. The van der Waals surface area contributed by atoms with Crippen LogP contribution in [0.25, 0.3) is 0 Å². The highest BCUT2D eigenvalue weighted by atomic mass is 35.5. The first-order valence-electron chi connectivity index (χ1n) is 7.80. The summed E-state index contributed by atoms with van der Waals surface area (Å²) in [6, 6.07) is 8.74. The number of hydrogen-bond acceptors (Lipinski definition) is 2. The summed E-state index contributed by atoms with van der Waals surface area (Å²) in [4.78, 5) is 0. The van der Waals surface area contributed by atoms with E-state index in [2.05, 4.69) is 31.3 Å². The van der Waals surface area contributed by atoms with Crippen molar-refractivity contribution in [2.45, 2.75) is 57.6 Å². The van der Waals surface area contributed by atoms with Gasteiger partial charge in [0, 0.05) is 17.6 Å². The fourth-order valence-electron chi connectivity index (χ4n) is 3.08. The molecule has 1 saturated carbocycles. The van der Waals surface area contributed by atoms with E-state index in [1.807, 2.05) is 12.1 Å². The summed E-state index contributed by atoms with van der Waals surface area (Å²) in [6.07, 6.45) is 4.23. The van der Waals surface area contributed by atoms with E-state index in [1.54, 1.807) is 0 Å². The van der Waals surface area contributed by atoms with Gasteiger partial charge >= 0.3 is 0 Å². The number of nitrogens with one attached hydrogen (secondary N) is 1. The number of rotatable bonds is 7. The molecule has 2 nitrogen and oxygen atoms in total. The summed E-state index contributed by atoms with van der Waals surface area (Å²) in [6.45, 7) is 5.03. The quantitative estimate of drug-likeness (QED) is 0.798. The molecule has 0 aliphatic heterocycles. The van der Waals surface area contributed by atoms with Gasteiger partial charge in [0.25, 0.3) is 0 Å². The molecule has 0 aromatic heterocycles. The van der Waals surface area contributed by atoms with Gasteiger partial charge in [0.2, 0.25) is 0 Å². The van der Waals surface area contributed by atoms with Crippen molar-refractivity contribution in [2.75, 3.05) is 6.54 Å². The number of benzene rings is 1. The topological polar surface area (TPSA) is 32.3 Å². The van der Waals surface area contributed by atoms with Gasteiger partial charge in [0.1, 0.15) is 0 Å². The molecular weight excluding hydrogens is 270 g/mol. The Hall–Kier alpha value is -0.570. The molecule has 0 radical (unpaired) electrons. The van der Waals surface area contributed by atoms with Gasteiger partial charge in [-0.05, 0) is 42.4 Å². The average Bonchev–Trinajstić information content (AvgIpc) is 2.40. The largest absolute Gasteiger partial charge is 0.392 e. The zero-order chi connectivity index (χ0) is 14.5. The maximum atomic E-state index is 10.1. The van der Waals surface area contributed by atoms with Gasteiger partial charge in [-0.2, -0.15) is 0 Å². The molecule has 20 heavy (non-hydrogen) atoms. The Morgan fingerprint density at radius 1 is 1.20 bits per heavy atom. The van der Waals surface area contributed by atoms with E-state index in [9.17, 15) is 5.11 Å². The second-order valence-electron chi connectivity index (χ2n) is 5.97. The lowest BCUT2D eigenvalue weighted by atomic mass is 9.76. The van der Waals surface area contributed by atoms with E-state index < -0.39 is 0 Å². The summed E-state index contributed by atoms with van der Waals surface area (Å²) in [7, 11) is 0. The maximum absolute atomic E-state index is 10.1. The molecule has 1 aliphatic rings. The van der Waals surface area contributed by atoms with Crippen molar-refractivity contribution >= 4 is 11.6 Å². The van der Waals surface area contributed by atoms with Gasteiger partial charge in [-0.25, -0.2) is 0 Å². The van der Waals surface area contributed by atoms with Crippen LogP contribution in [-0.2, 0) is 0 Å². The summed E-state index contributed by atoms with van der Waals surface area (Å²) >= 11 is 5.91. The number of hydrogen-bond donors (Lipinski definition) is 2. The number of aliphatic hydroxyl groups is 1. The fraction of sp³-hybridized carbons (Fsp3) is 0.647. The van der Waals surface area contributed by atoms with Gasteiger partial charge in [0.15, 0.2) is 0 Å². The molecule has 0 saturated heterocycles. The molecule has 1 unspecified atom stereocenters. The molecule has 1 fully saturated rings. The van der Waals surface area contributed by atoms with Crippen molar-refractivity contribution in [1.82, 2.24) is 5.32 Å². The normalized spacial score (nSPS) is 23.6. The second-order valence-corrected chi connectivity index (χ2v) is 6.41. The van der Waals surface area contributed by atoms with E-state index in [0.29, 0.717) is 17.9 Å². The van der Waals surface area contributed by atoms with E-state index in [0.717, 1.165) is 37.3 Å². The van der Waals surface area contributed by atoms with Crippen molar-refractivity contribution in [3.63, 3.8) is 0 Å². The molecule has 112 valence electrons. The first kappa shape index (κ1) is 15.8. The fourth-order valence-corrected chi connectivity index (χ4v) is 3.20. The van der Waals surface area contributed by atoms with Gasteiger partial charge < -0.3 is 10.4 Å². The first-order chi connectivity index (χ1) is 9.63. The van der Waals surface area contributed by atoms with Gasteiger partial charge in [0.05, 0.1) is 6.10 Å². The Kier molecular flexibility index (Phi) is 5.88. The lowest BCUT2D eigenvalue weighted by molar-refractivity contribution is 0.0925. The Morgan fingerprint density at radius 3 is 2.35 bits per heavy atom. The highest BCUT2D eigenvalue weighted by molar-refractivity contribution is 6.30. The lowest BCUT2D eigenvalue weighted by Gasteiger charge is -2.37. The zero-order valence-electron chi connectivity index (χ0n) is 12.5. The maximum Gasteiger partial charge on any atom is 0.0692 e. The lowest BCUT2D eigenvalue weighted by Crippen LogP contribution is -2.44. The minimum atomic E-state index is -0.209. The van der Waals surface area contributed by atoms with Crippen LogP contribution in [0.5, 0.6) is 0 Å². The van der Waals surface area contributed by atoms with Crippen LogP contribution < -0.4 is 5.32 Å². The Morgan fingerprint density at radius 2 is 1.80 bits per heavy atom. The van der Waals surface area contributed by atoms with Crippen LogP contribution in [0.3, 0.4) is 0 Å². The van der Waals surface area contributed by atoms with Crippen LogP contribution in [-0.4, -0.2) is 23.8 Å². The Balaban J connectivity index is 1.70. The minimum Gasteiger partial charge on any atom is -0.392 e. The second kappa shape index (κ2) is 7.44. The Labute approximate surface area is 127 Å². The molecule has 0 amide bonds. The average molecular weight is 296 g/mol. The van der Waals surface area contributed by atoms with E-state index in [1.165, 1.54) is 5.56 Å². The van der Waals surface area contributed by atoms with E-state index >= 15 is 0 Å². The molecule has 2 N–H and O–H groups in total. The molecule has 0 bridgehead atoms. The first-order valence-corrected chi connectivity index (χ1v) is 8.18. The highest BCUT2D eigenvalue weighted by Gasteiger charge is 2.30. The van der Waals surface area contributed by atoms with Gasteiger partial charge in [-0.1, -0.05) is 50.4 Å². The van der Waals surface area contributed by atoms with Crippen molar-refractivity contribution in [3.05, 3.63) is 34.9 Å². The summed E-state index contributed by atoms with van der Waals surface area (Å²) in [5.41, 5.74) is 1.38. The van der Waals surface area contributed by atoms with Crippen molar-refractivity contribution in [2.24, 2.45) is 5.92 Å². The summed E-state index contributed by atoms with van der Waals surface area (Å²) in [5, 5.41) is 14.4. The van der Waals surface area contributed by atoms with Crippen LogP contribution in [0.15, 0.2) is 24.3 Å². The SMILES string of the molecule is CCC(CC)C(O)CNC1CC(c2ccc(Cl)cc2)C1. The molecule has 3 heteroatoms. The van der Waals surface area contributed by atoms with Crippen LogP contribution >= 0.6 is 11.6 Å². The van der Waals surface area contributed by atoms with Crippen LogP contribution in [0.1, 0.15) is 51.0 Å². The van der Waals surface area contributed by atoms with E-state index in [-0.39, 0.29) is 6.10 Å². The molecule has 1 aromatic carbocycles. The summed E-state index contributed by atoms with van der Waals surface area (Å²) in [5.74, 6) is 1.07. The van der Waals surface area contributed by atoms with Crippen LogP contribution in [0.2, 0.25) is 5.02 Å². The monoisotopic (exact) mass is 295 g/mol. The standard InChI is InChI=1S/C17H26ClNO/c1-3-12(4-2)17(20)11-19-16-9-14(10-16)13-5-7-15(18)8-6-13/h5-8,12,14,16-17,19-20H,3-4,9-11H2,1-2H3. The molecule has 1 aliphatic carbocycles. The number of halogens is 1. The third-order valence-electron chi connectivity index (χ3n) is 4.69. The third-order valence-corrected chi connectivity index (χ3v) is 4.94. The molecular formula is C17H26ClNO. The van der Waals surface area contributed by atoms with Crippen LogP contribution in [0.4, 0.5) is 0 Å². The molecule has 1 aromatic rings. The smallest absolute Gasteiger partial charge is 0.0692 e. The minimum absolute atomic E-state index is 0.209. The molecule has 0 heterocycles. The van der Waals surface area contributed by atoms with E-state index in [4.69, 9.17) is 11.6 Å². The highest BCUT2D eigenvalue weighted by Crippen LogP contribution is 2.37. The van der Waals surface area contributed by atoms with Crippen molar-refractivity contribution in [1.29, 1.82) is 0 Å². The van der Waals surface area contributed by atoms with Crippen molar-refractivity contribution < 1.29 is 5.11 Å². The number of aliphatic hydroxyl groups excluding tert-OH is 1. The Bertz CT molecular complexity index is 396. The predicted octanol–water partition coefficient (Wildman–Crippen LogP) is 3.97. The third kappa shape index (κ3) is 3.97. The van der Waals surface area contributed by atoms with Gasteiger partial charge in [-0.3, -0.25) is 0 Å². The predicted molar refractivity (Wildman–Crippen MR) is 85.3 cm³/mol. The van der Waals surface area contributed by atoms with Crippen molar-refractivity contribution in [3.8, 4) is 0 Å². The zero-order valence-corrected chi connectivity index (χ0v) is 13.2. The van der Waals surface area contributed by atoms with Crippen LogP contribution in [0, 0.1) is 5.92 Å². The molecule has 0 spiro atoms. The molecule has 2 rings (SSSR count).